The van der Waals surface area contributed by atoms with E-state index in [-0.39, 0.29) is 6.61 Å². The zero-order chi connectivity index (χ0) is 9.40. The van der Waals surface area contributed by atoms with E-state index in [1.54, 1.807) is 11.8 Å². The molecule has 0 aliphatic heterocycles. The van der Waals surface area contributed by atoms with Gasteiger partial charge in [0.2, 0.25) is 0 Å². The molecule has 0 amide bonds. The Morgan fingerprint density at radius 3 is 2.50 bits per heavy atom. The van der Waals surface area contributed by atoms with Gasteiger partial charge in [0.25, 0.3) is 0 Å². The molecular formula is C8H19NOS2. The van der Waals surface area contributed by atoms with Crippen molar-refractivity contribution in [1.82, 2.24) is 5.32 Å². The van der Waals surface area contributed by atoms with Crippen molar-refractivity contribution < 1.29 is 5.11 Å². The minimum atomic E-state index is 0.259. The Hall–Kier alpha value is 0.620. The van der Waals surface area contributed by atoms with E-state index < -0.39 is 0 Å². The third-order valence-electron chi connectivity index (χ3n) is 1.81. The molecular weight excluding hydrogens is 190 g/mol. The van der Waals surface area contributed by atoms with Gasteiger partial charge in [0, 0.05) is 23.6 Å². The van der Waals surface area contributed by atoms with E-state index in [0.717, 1.165) is 12.3 Å². The van der Waals surface area contributed by atoms with Crippen LogP contribution in [0.15, 0.2) is 0 Å². The fraction of sp³-hybridized carbons (Fsp3) is 1.00. The molecule has 0 spiro atoms. The van der Waals surface area contributed by atoms with Crippen molar-refractivity contribution in [3.05, 3.63) is 0 Å². The first kappa shape index (κ1) is 12.6. The first-order valence-corrected chi connectivity index (χ1v) is 6.80. The van der Waals surface area contributed by atoms with Crippen molar-refractivity contribution in [3.63, 3.8) is 0 Å². The van der Waals surface area contributed by atoms with E-state index >= 15 is 0 Å². The molecule has 74 valence electrons. The molecule has 0 saturated carbocycles. The average molecular weight is 209 g/mol. The molecule has 0 aromatic rings. The van der Waals surface area contributed by atoms with Crippen LogP contribution in [-0.2, 0) is 0 Å². The number of aliphatic hydroxyl groups excluding tert-OH is 1. The number of hydrogen-bond acceptors (Lipinski definition) is 4. The highest BCUT2D eigenvalue weighted by Gasteiger charge is 2.13. The van der Waals surface area contributed by atoms with E-state index in [4.69, 9.17) is 5.11 Å². The van der Waals surface area contributed by atoms with Crippen molar-refractivity contribution in [2.75, 3.05) is 31.4 Å². The molecule has 2 N–H and O–H groups in total. The maximum Gasteiger partial charge on any atom is 0.0564 e. The Kier molecular flexibility index (Phi) is 8.65. The third kappa shape index (κ3) is 5.30. The monoisotopic (exact) mass is 209 g/mol. The average Bonchev–Trinajstić information content (AvgIpc) is 2.07. The van der Waals surface area contributed by atoms with Gasteiger partial charge in [0.05, 0.1) is 6.61 Å². The molecule has 2 nitrogen and oxygen atoms in total. The van der Waals surface area contributed by atoms with Gasteiger partial charge in [-0.25, -0.2) is 0 Å². The Morgan fingerprint density at radius 2 is 2.08 bits per heavy atom. The van der Waals surface area contributed by atoms with E-state index in [2.05, 4.69) is 18.5 Å². The number of hydrogen-bond donors (Lipinski definition) is 2. The lowest BCUT2D eigenvalue weighted by Crippen LogP contribution is -2.38. The van der Waals surface area contributed by atoms with E-state index in [0.29, 0.717) is 11.3 Å². The molecule has 0 radical (unpaired) electrons. The number of rotatable bonds is 7. The topological polar surface area (TPSA) is 32.3 Å². The summed E-state index contributed by atoms with van der Waals surface area (Å²) in [7, 11) is 0. The number of nitrogens with one attached hydrogen (secondary N) is 1. The Balaban J connectivity index is 3.47. The van der Waals surface area contributed by atoms with E-state index in [9.17, 15) is 0 Å². The van der Waals surface area contributed by atoms with Crippen LogP contribution in [0.1, 0.15) is 6.92 Å². The molecule has 0 aromatic heterocycles. The predicted octanol–water partition coefficient (Wildman–Crippen LogP) is 1.05. The van der Waals surface area contributed by atoms with Crippen molar-refractivity contribution >= 4 is 23.5 Å². The summed E-state index contributed by atoms with van der Waals surface area (Å²) in [4.78, 5) is 0. The second kappa shape index (κ2) is 8.23. The van der Waals surface area contributed by atoms with Crippen molar-refractivity contribution in [2.45, 2.75) is 18.2 Å². The summed E-state index contributed by atoms with van der Waals surface area (Å²) in [6, 6.07) is 0.400. The Morgan fingerprint density at radius 1 is 1.42 bits per heavy atom. The van der Waals surface area contributed by atoms with Gasteiger partial charge in [-0.3, -0.25) is 0 Å². The lowest BCUT2D eigenvalue weighted by Gasteiger charge is -2.20. The molecule has 12 heavy (non-hydrogen) atoms. The van der Waals surface area contributed by atoms with Gasteiger partial charge in [0.1, 0.15) is 0 Å². The van der Waals surface area contributed by atoms with Crippen LogP contribution < -0.4 is 5.32 Å². The molecule has 2 atom stereocenters. The van der Waals surface area contributed by atoms with Crippen LogP contribution in [0.2, 0.25) is 0 Å². The van der Waals surface area contributed by atoms with Crippen molar-refractivity contribution in [3.8, 4) is 0 Å². The molecule has 0 rings (SSSR count). The van der Waals surface area contributed by atoms with Gasteiger partial charge >= 0.3 is 0 Å². The fourth-order valence-corrected chi connectivity index (χ4v) is 1.93. The second-order valence-electron chi connectivity index (χ2n) is 2.69. The lowest BCUT2D eigenvalue weighted by atomic mass is 10.2. The van der Waals surface area contributed by atoms with Gasteiger partial charge in [-0.1, -0.05) is 0 Å². The summed E-state index contributed by atoms with van der Waals surface area (Å²) < 4.78 is 0. The largest absolute Gasteiger partial charge is 0.395 e. The van der Waals surface area contributed by atoms with Crippen LogP contribution in [0, 0.1) is 0 Å². The number of thioether (sulfide) groups is 2. The Labute approximate surface area is 83.9 Å². The number of aliphatic hydroxyl groups is 1. The van der Waals surface area contributed by atoms with Gasteiger partial charge in [-0.15, -0.1) is 0 Å². The zero-order valence-electron chi connectivity index (χ0n) is 8.04. The smallest absolute Gasteiger partial charge is 0.0564 e. The summed E-state index contributed by atoms with van der Waals surface area (Å²) in [5, 5.41) is 12.7. The summed E-state index contributed by atoms with van der Waals surface area (Å²) in [6.45, 7) is 3.41. The maximum atomic E-state index is 8.99. The molecule has 0 aliphatic carbocycles. The highest BCUT2D eigenvalue weighted by Crippen LogP contribution is 2.09. The molecule has 2 unspecified atom stereocenters. The summed E-state index contributed by atoms with van der Waals surface area (Å²) in [6.07, 6.45) is 4.14. The highest BCUT2D eigenvalue weighted by molar-refractivity contribution is 7.99. The molecule has 0 aromatic carbocycles. The molecule has 4 heteroatoms. The fourth-order valence-electron chi connectivity index (χ4n) is 0.957. The maximum absolute atomic E-state index is 8.99. The van der Waals surface area contributed by atoms with Gasteiger partial charge < -0.3 is 10.4 Å². The van der Waals surface area contributed by atoms with Gasteiger partial charge in [-0.05, 0) is 19.4 Å². The lowest BCUT2D eigenvalue weighted by molar-refractivity contribution is 0.277. The van der Waals surface area contributed by atoms with Crippen LogP contribution in [0.25, 0.3) is 0 Å². The first-order chi connectivity index (χ1) is 5.76. The first-order valence-electron chi connectivity index (χ1n) is 4.12. The molecule has 0 fully saturated rings. The van der Waals surface area contributed by atoms with E-state index in [1.165, 1.54) is 0 Å². The standard InChI is InChI=1S/C8H19NOS2/c1-7(8(6-10)12-3)9-4-5-11-2/h7-10H,4-6H2,1-3H3. The summed E-state index contributed by atoms with van der Waals surface area (Å²) in [5.74, 6) is 1.14. The van der Waals surface area contributed by atoms with E-state index in [1.807, 2.05) is 18.0 Å². The zero-order valence-corrected chi connectivity index (χ0v) is 9.67. The normalized spacial score (nSPS) is 16.0. The van der Waals surface area contributed by atoms with Crippen molar-refractivity contribution in [1.29, 1.82) is 0 Å². The minimum Gasteiger partial charge on any atom is -0.395 e. The molecule has 0 bridgehead atoms. The van der Waals surface area contributed by atoms with Crippen LogP contribution in [0.4, 0.5) is 0 Å². The van der Waals surface area contributed by atoms with Crippen molar-refractivity contribution in [2.24, 2.45) is 0 Å². The molecule has 0 saturated heterocycles. The summed E-state index contributed by atoms with van der Waals surface area (Å²) >= 11 is 3.56. The predicted molar refractivity (Wildman–Crippen MR) is 60.2 cm³/mol. The molecule has 0 heterocycles. The van der Waals surface area contributed by atoms with Crippen LogP contribution in [-0.4, -0.2) is 47.8 Å². The van der Waals surface area contributed by atoms with Crippen LogP contribution >= 0.6 is 23.5 Å². The van der Waals surface area contributed by atoms with Gasteiger partial charge in [0.15, 0.2) is 0 Å². The van der Waals surface area contributed by atoms with Gasteiger partial charge in [-0.2, -0.15) is 23.5 Å². The SMILES string of the molecule is CSCCNC(C)C(CO)SC. The second-order valence-corrected chi connectivity index (χ2v) is 4.75. The Bertz CT molecular complexity index is 99.1. The van der Waals surface area contributed by atoms with Crippen LogP contribution in [0.3, 0.4) is 0 Å². The van der Waals surface area contributed by atoms with Crippen LogP contribution in [0.5, 0.6) is 0 Å². The molecule has 0 aliphatic rings. The minimum absolute atomic E-state index is 0.259. The highest BCUT2D eigenvalue weighted by atomic mass is 32.2. The summed E-state index contributed by atoms with van der Waals surface area (Å²) in [5.41, 5.74) is 0. The third-order valence-corrected chi connectivity index (χ3v) is 3.59. The quantitative estimate of drug-likeness (QED) is 0.614.